The van der Waals surface area contributed by atoms with Crippen molar-refractivity contribution in [3.8, 4) is 11.1 Å². The van der Waals surface area contributed by atoms with Crippen LogP contribution in [-0.4, -0.2) is 42.8 Å². The molecule has 0 aliphatic rings. The molecule has 2 aromatic heterocycles. The summed E-state index contributed by atoms with van der Waals surface area (Å²) < 4.78 is -0.575. The third-order valence-electron chi connectivity index (χ3n) is 4.17. The van der Waals surface area contributed by atoms with Crippen molar-refractivity contribution in [2.75, 3.05) is 0 Å². The van der Waals surface area contributed by atoms with Gasteiger partial charge in [-0.3, -0.25) is 0 Å². The number of nitrogens with one attached hydrogen (secondary N) is 1. The molecule has 0 spiro atoms. The number of hydrogen-bond acceptors (Lipinski definition) is 4. The first kappa shape index (κ1) is 17.2. The van der Waals surface area contributed by atoms with Crippen molar-refractivity contribution in [1.82, 2.24) is 9.97 Å². The van der Waals surface area contributed by atoms with Crippen molar-refractivity contribution >= 4 is 39.4 Å². The molecule has 2 N–H and O–H groups in total. The summed E-state index contributed by atoms with van der Waals surface area (Å²) in [6.45, 7) is 1.81. The Morgan fingerprint density at radius 3 is 2.64 bits per heavy atom. The summed E-state index contributed by atoms with van der Waals surface area (Å²) in [4.78, 5) is 29.8. The third kappa shape index (κ3) is 3.15. The molecule has 0 bridgehead atoms. The van der Waals surface area contributed by atoms with E-state index in [1.165, 1.54) is 0 Å². The van der Waals surface area contributed by atoms with Gasteiger partial charge in [0.1, 0.15) is 0 Å². The van der Waals surface area contributed by atoms with Crippen LogP contribution in [0.4, 0.5) is 5.69 Å². The molecule has 2 unspecified atom stereocenters. The van der Waals surface area contributed by atoms with E-state index in [1.807, 2.05) is 6.92 Å². The van der Waals surface area contributed by atoms with Crippen LogP contribution in [0, 0.1) is 17.0 Å². The van der Waals surface area contributed by atoms with Crippen LogP contribution in [-0.2, 0) is 11.2 Å². The molecule has 3 aromatic rings. The number of aromatic nitrogens is 2. The molecule has 0 amide bonds. The molecule has 8 heteroatoms. The minimum absolute atomic E-state index is 0.00635. The minimum atomic E-state index is -0.901. The summed E-state index contributed by atoms with van der Waals surface area (Å²) in [5.74, 6) is -0.901. The monoisotopic (exact) mass is 401 g/mol. The van der Waals surface area contributed by atoms with E-state index in [9.17, 15) is 20.0 Å². The number of rotatable bonds is 5. The van der Waals surface area contributed by atoms with Gasteiger partial charge in [-0.05, 0) is 0 Å². The fourth-order valence-electron chi connectivity index (χ4n) is 2.98. The number of carboxylic acid groups (broad SMARTS) is 1. The van der Waals surface area contributed by atoms with E-state index in [1.54, 1.807) is 36.7 Å². The number of carboxylic acids is 1. The quantitative estimate of drug-likeness (QED) is 0.388. The Bertz CT molecular complexity index is 969. The van der Waals surface area contributed by atoms with Gasteiger partial charge in [0.25, 0.3) is 0 Å². The number of aryl methyl sites for hydroxylation is 1. The number of H-pyrrole nitrogens is 1. The van der Waals surface area contributed by atoms with Crippen LogP contribution in [0.3, 0.4) is 0 Å². The molecule has 128 valence electrons. The fourth-order valence-corrected chi connectivity index (χ4v) is 3.48. The Hall–Kier alpha value is -2.66. The van der Waals surface area contributed by atoms with E-state index in [0.717, 1.165) is 22.5 Å². The number of nitrogens with zero attached hydrogens (tertiary/aromatic N) is 2. The van der Waals surface area contributed by atoms with Crippen LogP contribution in [0.15, 0.2) is 36.7 Å². The molecule has 3 rings (SSSR count). The first-order valence-corrected chi connectivity index (χ1v) is 8.97. The van der Waals surface area contributed by atoms with Crippen molar-refractivity contribution in [3.63, 3.8) is 0 Å². The second-order valence-corrected chi connectivity index (χ2v) is 7.44. The van der Waals surface area contributed by atoms with Gasteiger partial charge in [0.15, 0.2) is 0 Å². The van der Waals surface area contributed by atoms with Crippen LogP contribution in [0.1, 0.15) is 11.3 Å². The number of nitro benzene ring substituents is 1. The maximum absolute atomic E-state index is 11.9. The van der Waals surface area contributed by atoms with Crippen LogP contribution in [0.5, 0.6) is 0 Å². The summed E-state index contributed by atoms with van der Waals surface area (Å²) in [6.07, 6.45) is 3.42. The molecule has 25 heavy (non-hydrogen) atoms. The van der Waals surface area contributed by atoms with Crippen LogP contribution in [0.2, 0.25) is 4.71 Å². The Labute approximate surface area is 151 Å². The SMILES string of the molecule is Cc1[nH]c2ccc(-c3ccncc3)c([N+](=O)[O-])c2c1CC([AsH2])C(=O)O. The Morgan fingerprint density at radius 1 is 1.36 bits per heavy atom. The van der Waals surface area contributed by atoms with Gasteiger partial charge in [0, 0.05) is 0 Å². The molecule has 1 aromatic carbocycles. The number of aromatic amines is 1. The molecule has 0 radical (unpaired) electrons. The van der Waals surface area contributed by atoms with Crippen molar-refractivity contribution < 1.29 is 14.8 Å². The Morgan fingerprint density at radius 2 is 2.04 bits per heavy atom. The predicted octanol–water partition coefficient (Wildman–Crippen LogP) is 2.50. The predicted molar refractivity (Wildman–Crippen MR) is 96.6 cm³/mol. The average Bonchev–Trinajstić information content (AvgIpc) is 2.90. The zero-order valence-corrected chi connectivity index (χ0v) is 15.8. The van der Waals surface area contributed by atoms with Gasteiger partial charge in [-0.15, -0.1) is 0 Å². The molecule has 2 atom stereocenters. The standard InChI is InChI=1S/C17H16AsN3O4/c1-9-12(8-13(18)17(22)23)15-14(20-9)3-2-11(16(15)21(24)25)10-4-6-19-7-5-10/h2-7,13,20H,8,18H2,1H3,(H,22,23). The molecule has 0 aliphatic carbocycles. The van der Waals surface area contributed by atoms with Gasteiger partial charge in [0.2, 0.25) is 0 Å². The second kappa shape index (κ2) is 6.68. The number of pyridine rings is 1. The molecule has 7 nitrogen and oxygen atoms in total. The maximum atomic E-state index is 11.9. The van der Waals surface area contributed by atoms with E-state index in [4.69, 9.17) is 0 Å². The van der Waals surface area contributed by atoms with Gasteiger partial charge in [-0.25, -0.2) is 0 Å². The summed E-state index contributed by atoms with van der Waals surface area (Å²) in [5.41, 5.74) is 3.27. The van der Waals surface area contributed by atoms with Gasteiger partial charge in [-0.1, -0.05) is 0 Å². The van der Waals surface area contributed by atoms with Crippen molar-refractivity contribution in [2.24, 2.45) is 0 Å². The number of fused-ring (bicyclic) bond motifs is 1. The Kier molecular flexibility index (Phi) is 4.59. The number of aliphatic carboxylic acids is 1. The van der Waals surface area contributed by atoms with Crippen molar-refractivity contribution in [1.29, 1.82) is 0 Å². The van der Waals surface area contributed by atoms with Crippen LogP contribution < -0.4 is 0 Å². The number of hydrogen-bond donors (Lipinski definition) is 2. The van der Waals surface area contributed by atoms with Gasteiger partial charge >= 0.3 is 151 Å². The van der Waals surface area contributed by atoms with E-state index < -0.39 is 15.6 Å². The third-order valence-corrected chi connectivity index (χ3v) is 5.26. The number of benzene rings is 1. The van der Waals surface area contributed by atoms with E-state index in [0.29, 0.717) is 27.6 Å². The van der Waals surface area contributed by atoms with Gasteiger partial charge < -0.3 is 0 Å². The second-order valence-electron chi connectivity index (χ2n) is 5.75. The van der Waals surface area contributed by atoms with E-state index >= 15 is 0 Å². The van der Waals surface area contributed by atoms with Gasteiger partial charge in [-0.2, -0.15) is 0 Å². The first-order valence-electron chi connectivity index (χ1n) is 7.57. The van der Waals surface area contributed by atoms with Crippen LogP contribution >= 0.6 is 0 Å². The summed E-state index contributed by atoms with van der Waals surface area (Å²) in [6, 6.07) is 6.94. The summed E-state index contributed by atoms with van der Waals surface area (Å²) in [5, 5.41) is 21.6. The van der Waals surface area contributed by atoms with Crippen LogP contribution in [0.25, 0.3) is 22.0 Å². The molecule has 0 fully saturated rings. The molecule has 2 heterocycles. The first-order chi connectivity index (χ1) is 11.9. The van der Waals surface area contributed by atoms with Crippen molar-refractivity contribution in [2.45, 2.75) is 18.1 Å². The molecular weight excluding hydrogens is 385 g/mol. The average molecular weight is 401 g/mol. The normalized spacial score (nSPS) is 12.2. The molecule has 0 saturated heterocycles. The van der Waals surface area contributed by atoms with Gasteiger partial charge in [0.05, 0.1) is 0 Å². The fraction of sp³-hybridized carbons (Fsp3) is 0.176. The Balaban J connectivity index is 2.30. The zero-order chi connectivity index (χ0) is 18.1. The van der Waals surface area contributed by atoms with E-state index in [2.05, 4.69) is 9.97 Å². The topological polar surface area (TPSA) is 109 Å². The molecular formula is C17H16AsN3O4. The zero-order valence-electron chi connectivity index (χ0n) is 13.4. The summed E-state index contributed by atoms with van der Waals surface area (Å²) >= 11 is 1.09. The summed E-state index contributed by atoms with van der Waals surface area (Å²) in [7, 11) is 0. The molecule has 0 saturated carbocycles. The molecule has 0 aliphatic heterocycles. The number of carbonyl (C=O) groups is 1. The number of nitro groups is 1. The van der Waals surface area contributed by atoms with E-state index in [-0.39, 0.29) is 12.1 Å². The van der Waals surface area contributed by atoms with Crippen molar-refractivity contribution in [3.05, 3.63) is 58.0 Å².